The maximum atomic E-state index is 5.85. The van der Waals surface area contributed by atoms with Gasteiger partial charge >= 0.3 is 0 Å². The molecule has 15 heavy (non-hydrogen) atoms. The molecule has 2 nitrogen and oxygen atoms in total. The van der Waals surface area contributed by atoms with Gasteiger partial charge in [0, 0.05) is 6.21 Å². The van der Waals surface area contributed by atoms with Crippen molar-refractivity contribution in [2.24, 2.45) is 11.1 Å². The fourth-order valence-corrected chi connectivity index (χ4v) is 1.23. The average Bonchev–Trinajstić information content (AvgIpc) is 2.18. The maximum absolute atomic E-state index is 5.85. The molecule has 0 saturated carbocycles. The molecule has 0 heterocycles. The highest BCUT2D eigenvalue weighted by atomic mass is 35.5. The zero-order valence-corrected chi connectivity index (χ0v) is 10.2. The summed E-state index contributed by atoms with van der Waals surface area (Å²) >= 11 is 11.6. The SMILES string of the molecule is CC(C)/C=N\OCc1ccc(Cl)c(Cl)c1. The van der Waals surface area contributed by atoms with Crippen molar-refractivity contribution in [3.63, 3.8) is 0 Å². The van der Waals surface area contributed by atoms with Gasteiger partial charge in [-0.05, 0) is 23.6 Å². The molecule has 4 heteroatoms. The lowest BCUT2D eigenvalue weighted by atomic mass is 10.2. The standard InChI is InChI=1S/C11H13Cl2NO/c1-8(2)6-14-15-7-9-3-4-10(12)11(13)5-9/h3-6,8H,7H2,1-2H3/b14-6-. The molecule has 0 aliphatic rings. The molecule has 0 bridgehead atoms. The minimum atomic E-state index is 0.388. The van der Waals surface area contributed by atoms with E-state index < -0.39 is 0 Å². The topological polar surface area (TPSA) is 21.6 Å². The molecule has 0 aliphatic heterocycles. The largest absolute Gasteiger partial charge is 0.391 e. The Balaban J connectivity index is 2.48. The van der Waals surface area contributed by atoms with Crippen LogP contribution in [0.5, 0.6) is 0 Å². The summed E-state index contributed by atoms with van der Waals surface area (Å²) in [5.74, 6) is 0.388. The fourth-order valence-electron chi connectivity index (χ4n) is 0.906. The molecule has 0 N–H and O–H groups in total. The Morgan fingerprint density at radius 2 is 2.07 bits per heavy atom. The van der Waals surface area contributed by atoms with E-state index in [9.17, 15) is 0 Å². The monoisotopic (exact) mass is 245 g/mol. The summed E-state index contributed by atoms with van der Waals surface area (Å²) < 4.78 is 0. The summed E-state index contributed by atoms with van der Waals surface area (Å²) in [5, 5.41) is 4.90. The minimum absolute atomic E-state index is 0.388. The molecule has 1 aromatic carbocycles. The third kappa shape index (κ3) is 4.54. The van der Waals surface area contributed by atoms with Crippen LogP contribution in [0, 0.1) is 5.92 Å². The molecule has 0 radical (unpaired) electrons. The number of hydrogen-bond acceptors (Lipinski definition) is 2. The van der Waals surface area contributed by atoms with Crippen LogP contribution in [0.4, 0.5) is 0 Å². The quantitative estimate of drug-likeness (QED) is 0.577. The molecule has 0 fully saturated rings. The molecule has 0 atom stereocenters. The molecule has 0 spiro atoms. The van der Waals surface area contributed by atoms with Crippen molar-refractivity contribution in [1.82, 2.24) is 0 Å². The normalized spacial score (nSPS) is 11.3. The summed E-state index contributed by atoms with van der Waals surface area (Å²) in [6.45, 7) is 4.47. The second kappa shape index (κ2) is 5.99. The summed E-state index contributed by atoms with van der Waals surface area (Å²) in [4.78, 5) is 5.09. The van der Waals surface area contributed by atoms with E-state index >= 15 is 0 Å². The Kier molecular flexibility index (Phi) is 4.92. The van der Waals surface area contributed by atoms with Crippen LogP contribution in [0.25, 0.3) is 0 Å². The summed E-state index contributed by atoms with van der Waals surface area (Å²) in [6, 6.07) is 5.38. The highest BCUT2D eigenvalue weighted by Gasteiger charge is 1.99. The molecule has 1 aromatic rings. The smallest absolute Gasteiger partial charge is 0.142 e. The lowest BCUT2D eigenvalue weighted by molar-refractivity contribution is 0.131. The first kappa shape index (κ1) is 12.3. The number of nitrogens with zero attached hydrogens (tertiary/aromatic N) is 1. The van der Waals surface area contributed by atoms with Crippen molar-refractivity contribution in [2.45, 2.75) is 20.5 Å². The first-order chi connectivity index (χ1) is 7.09. The van der Waals surface area contributed by atoms with Crippen molar-refractivity contribution < 1.29 is 4.84 Å². The maximum Gasteiger partial charge on any atom is 0.142 e. The van der Waals surface area contributed by atoms with Crippen LogP contribution >= 0.6 is 23.2 Å². The van der Waals surface area contributed by atoms with Gasteiger partial charge in [-0.25, -0.2) is 0 Å². The van der Waals surface area contributed by atoms with Crippen LogP contribution in [-0.4, -0.2) is 6.21 Å². The van der Waals surface area contributed by atoms with E-state index in [1.165, 1.54) is 0 Å². The molecule has 82 valence electrons. The van der Waals surface area contributed by atoms with Crippen LogP contribution in [-0.2, 0) is 11.4 Å². The lowest BCUT2D eigenvalue weighted by Gasteiger charge is -2.02. The second-order valence-corrected chi connectivity index (χ2v) is 4.33. The van der Waals surface area contributed by atoms with E-state index in [0.717, 1.165) is 5.56 Å². The summed E-state index contributed by atoms with van der Waals surface area (Å²) in [5.41, 5.74) is 0.949. The second-order valence-electron chi connectivity index (χ2n) is 3.52. The van der Waals surface area contributed by atoms with E-state index in [1.54, 1.807) is 18.3 Å². The number of hydrogen-bond donors (Lipinski definition) is 0. The molecular weight excluding hydrogens is 233 g/mol. The van der Waals surface area contributed by atoms with E-state index in [1.807, 2.05) is 19.9 Å². The molecular formula is C11H13Cl2NO. The molecule has 0 aromatic heterocycles. The van der Waals surface area contributed by atoms with E-state index in [2.05, 4.69) is 5.16 Å². The first-order valence-corrected chi connectivity index (χ1v) is 5.44. The van der Waals surface area contributed by atoms with Gasteiger partial charge in [0.25, 0.3) is 0 Å². The molecule has 1 rings (SSSR count). The Hall–Kier alpha value is -0.730. The minimum Gasteiger partial charge on any atom is -0.391 e. The zero-order chi connectivity index (χ0) is 11.3. The van der Waals surface area contributed by atoms with Crippen LogP contribution in [0.2, 0.25) is 10.0 Å². The number of rotatable bonds is 4. The van der Waals surface area contributed by atoms with E-state index in [-0.39, 0.29) is 0 Å². The van der Waals surface area contributed by atoms with Crippen molar-refractivity contribution >= 4 is 29.4 Å². The predicted octanol–water partition coefficient (Wildman–Crippen LogP) is 4.15. The zero-order valence-electron chi connectivity index (χ0n) is 8.71. The van der Waals surface area contributed by atoms with Gasteiger partial charge in [0.05, 0.1) is 10.0 Å². The highest BCUT2D eigenvalue weighted by Crippen LogP contribution is 2.22. The van der Waals surface area contributed by atoms with Crippen molar-refractivity contribution in [2.75, 3.05) is 0 Å². The van der Waals surface area contributed by atoms with Gasteiger partial charge in [-0.1, -0.05) is 48.3 Å². The highest BCUT2D eigenvalue weighted by molar-refractivity contribution is 6.41. The van der Waals surface area contributed by atoms with Gasteiger partial charge in [0.2, 0.25) is 0 Å². The molecule has 0 unspecified atom stereocenters. The first-order valence-electron chi connectivity index (χ1n) is 4.69. The van der Waals surface area contributed by atoms with Crippen molar-refractivity contribution in [3.8, 4) is 0 Å². The van der Waals surface area contributed by atoms with Crippen molar-refractivity contribution in [3.05, 3.63) is 33.8 Å². The fraction of sp³-hybridized carbons (Fsp3) is 0.364. The van der Waals surface area contributed by atoms with Crippen LogP contribution < -0.4 is 0 Å². The van der Waals surface area contributed by atoms with Gasteiger partial charge < -0.3 is 4.84 Å². The third-order valence-corrected chi connectivity index (χ3v) is 2.39. The Bertz CT molecular complexity index is 350. The predicted molar refractivity (Wildman–Crippen MR) is 64.6 cm³/mol. The van der Waals surface area contributed by atoms with Crippen molar-refractivity contribution in [1.29, 1.82) is 0 Å². The number of oxime groups is 1. The van der Waals surface area contributed by atoms with Crippen LogP contribution in [0.1, 0.15) is 19.4 Å². The van der Waals surface area contributed by atoms with Gasteiger partial charge in [-0.3, -0.25) is 0 Å². The van der Waals surface area contributed by atoms with E-state index in [0.29, 0.717) is 22.6 Å². The Morgan fingerprint density at radius 3 is 2.67 bits per heavy atom. The number of halogens is 2. The summed E-state index contributed by atoms with van der Waals surface area (Å²) in [6.07, 6.45) is 1.75. The Labute approximate surface area is 99.8 Å². The molecule has 0 saturated heterocycles. The third-order valence-electron chi connectivity index (χ3n) is 1.65. The van der Waals surface area contributed by atoms with Gasteiger partial charge in [0.15, 0.2) is 0 Å². The molecule has 0 aliphatic carbocycles. The average molecular weight is 246 g/mol. The van der Waals surface area contributed by atoms with Gasteiger partial charge in [-0.15, -0.1) is 0 Å². The Morgan fingerprint density at radius 1 is 1.33 bits per heavy atom. The molecule has 0 amide bonds. The van der Waals surface area contributed by atoms with Gasteiger partial charge in [0.1, 0.15) is 6.61 Å². The van der Waals surface area contributed by atoms with Crippen LogP contribution in [0.3, 0.4) is 0 Å². The number of benzene rings is 1. The summed E-state index contributed by atoms with van der Waals surface area (Å²) in [7, 11) is 0. The van der Waals surface area contributed by atoms with Crippen LogP contribution in [0.15, 0.2) is 23.4 Å². The van der Waals surface area contributed by atoms with E-state index in [4.69, 9.17) is 28.0 Å². The van der Waals surface area contributed by atoms with Gasteiger partial charge in [-0.2, -0.15) is 0 Å². The lowest BCUT2D eigenvalue weighted by Crippen LogP contribution is -1.91.